The number of hydrogen-bond acceptors (Lipinski definition) is 5. The van der Waals surface area contributed by atoms with Gasteiger partial charge in [-0.15, -0.1) is 0 Å². The number of benzene rings is 2. The van der Waals surface area contributed by atoms with Gasteiger partial charge in [0.25, 0.3) is 0 Å². The number of nitrogens with two attached hydrogens (primary N) is 1. The lowest BCUT2D eigenvalue weighted by Gasteiger charge is -2.46. The number of hydrogen-bond donors (Lipinski definition) is 2. The number of aromatic nitrogens is 1. The van der Waals surface area contributed by atoms with Crippen LogP contribution in [-0.2, 0) is 10.3 Å². The molecule has 2 fully saturated rings. The molecule has 5 rings (SSSR count). The second-order valence-electron chi connectivity index (χ2n) is 8.42. The van der Waals surface area contributed by atoms with Gasteiger partial charge in [0.15, 0.2) is 0 Å². The molecule has 0 spiro atoms. The maximum absolute atomic E-state index is 15.0. The quantitative estimate of drug-likeness (QED) is 0.615. The Morgan fingerprint density at radius 3 is 2.70 bits per heavy atom. The Balaban J connectivity index is 1.65. The van der Waals surface area contributed by atoms with Crippen LogP contribution >= 0.6 is 11.6 Å². The summed E-state index contributed by atoms with van der Waals surface area (Å²) < 4.78 is 29.3. The Kier molecular flexibility index (Phi) is 5.31. The van der Waals surface area contributed by atoms with Gasteiger partial charge in [-0.3, -0.25) is 15.8 Å². The molecule has 0 saturated carbocycles. The standard InChI is InChI=1S/C24H22ClF2N5O/c1-31-22(33)18-12-32(21-16(6-4-10-29-21)15-5-2-3-7-19(15)25)13-24(18,30-23(31)28)17-11-14(26)8-9-20(17)27/h2-11,18,23,30H,12-13,28H2,1H3/t18-,23?,24+/m0/s1. The van der Waals surface area contributed by atoms with Crippen molar-refractivity contribution in [1.82, 2.24) is 15.2 Å². The summed E-state index contributed by atoms with van der Waals surface area (Å²) in [6.07, 6.45) is 0.795. The summed E-state index contributed by atoms with van der Waals surface area (Å²) >= 11 is 6.45. The summed E-state index contributed by atoms with van der Waals surface area (Å²) in [6.45, 7) is 0.410. The largest absolute Gasteiger partial charge is 0.353 e. The van der Waals surface area contributed by atoms with Crippen molar-refractivity contribution in [3.05, 3.63) is 83.0 Å². The van der Waals surface area contributed by atoms with Crippen molar-refractivity contribution in [3.63, 3.8) is 0 Å². The molecule has 33 heavy (non-hydrogen) atoms. The molecule has 3 aromatic rings. The predicted octanol–water partition coefficient (Wildman–Crippen LogP) is 3.32. The number of anilines is 1. The molecule has 2 saturated heterocycles. The van der Waals surface area contributed by atoms with Gasteiger partial charge in [0.2, 0.25) is 5.91 Å². The second-order valence-corrected chi connectivity index (χ2v) is 8.83. The van der Waals surface area contributed by atoms with Crippen molar-refractivity contribution in [3.8, 4) is 11.1 Å². The summed E-state index contributed by atoms with van der Waals surface area (Å²) in [4.78, 5) is 21.2. The van der Waals surface area contributed by atoms with E-state index in [1.807, 2.05) is 29.2 Å². The van der Waals surface area contributed by atoms with E-state index in [1.165, 1.54) is 4.90 Å². The van der Waals surface area contributed by atoms with Crippen molar-refractivity contribution in [2.24, 2.45) is 11.7 Å². The summed E-state index contributed by atoms with van der Waals surface area (Å²) in [5.74, 6) is -1.55. The molecule has 0 radical (unpaired) electrons. The number of amides is 1. The molecule has 1 unspecified atom stereocenters. The monoisotopic (exact) mass is 469 g/mol. The molecule has 1 amide bonds. The van der Waals surface area contributed by atoms with Crippen molar-refractivity contribution >= 4 is 23.3 Å². The number of pyridine rings is 1. The van der Waals surface area contributed by atoms with Crippen LogP contribution < -0.4 is 16.0 Å². The van der Waals surface area contributed by atoms with Crippen LogP contribution in [-0.4, -0.2) is 42.2 Å². The SMILES string of the molecule is CN1C(=O)[C@@H]2CN(c3ncccc3-c3ccccc3Cl)C[C@]2(c2cc(F)ccc2F)NC1N. The smallest absolute Gasteiger partial charge is 0.231 e. The lowest BCUT2D eigenvalue weighted by molar-refractivity contribution is -0.144. The normalized spacial score (nSPS) is 24.8. The molecule has 2 aliphatic rings. The van der Waals surface area contributed by atoms with E-state index in [4.69, 9.17) is 17.3 Å². The Bertz CT molecular complexity index is 1240. The van der Waals surface area contributed by atoms with Gasteiger partial charge >= 0.3 is 0 Å². The van der Waals surface area contributed by atoms with E-state index in [1.54, 1.807) is 25.4 Å². The Labute approximate surface area is 195 Å². The fraction of sp³-hybridized carbons (Fsp3) is 0.250. The van der Waals surface area contributed by atoms with Crippen LogP contribution in [0.15, 0.2) is 60.8 Å². The molecule has 2 aliphatic heterocycles. The highest BCUT2D eigenvalue weighted by Gasteiger charge is 2.57. The lowest BCUT2D eigenvalue weighted by atomic mass is 9.78. The molecule has 170 valence electrons. The van der Waals surface area contributed by atoms with E-state index < -0.39 is 29.4 Å². The molecular weight excluding hydrogens is 448 g/mol. The van der Waals surface area contributed by atoms with Gasteiger partial charge in [-0.25, -0.2) is 13.8 Å². The van der Waals surface area contributed by atoms with Crippen molar-refractivity contribution in [1.29, 1.82) is 0 Å². The van der Waals surface area contributed by atoms with Crippen molar-refractivity contribution in [2.45, 2.75) is 11.8 Å². The third kappa shape index (κ3) is 3.45. The number of carbonyl (C=O) groups is 1. The number of halogens is 3. The Hall–Kier alpha value is -3.07. The molecule has 9 heteroatoms. The Morgan fingerprint density at radius 2 is 1.91 bits per heavy atom. The second kappa shape index (κ2) is 8.06. The maximum atomic E-state index is 15.0. The van der Waals surface area contributed by atoms with Crippen molar-refractivity contribution < 1.29 is 13.6 Å². The van der Waals surface area contributed by atoms with Gasteiger partial charge in [0.05, 0.1) is 11.5 Å². The van der Waals surface area contributed by atoms with Crippen molar-refractivity contribution in [2.75, 3.05) is 25.0 Å². The molecule has 6 nitrogen and oxygen atoms in total. The van der Waals surface area contributed by atoms with Gasteiger partial charge in [0, 0.05) is 48.0 Å². The van der Waals surface area contributed by atoms with Crippen LogP contribution in [0.25, 0.3) is 11.1 Å². The van der Waals surface area contributed by atoms with E-state index in [9.17, 15) is 9.18 Å². The minimum Gasteiger partial charge on any atom is -0.353 e. The molecule has 3 N–H and O–H groups in total. The summed E-state index contributed by atoms with van der Waals surface area (Å²) in [5.41, 5.74) is 6.59. The zero-order valence-electron chi connectivity index (χ0n) is 17.8. The van der Waals surface area contributed by atoms with E-state index in [2.05, 4.69) is 10.3 Å². The van der Waals surface area contributed by atoms with E-state index in [0.717, 1.165) is 29.3 Å². The minimum absolute atomic E-state index is 0.0714. The van der Waals surface area contributed by atoms with Crippen LogP contribution in [0.3, 0.4) is 0 Å². The van der Waals surface area contributed by atoms with Gasteiger partial charge < -0.3 is 9.80 Å². The van der Waals surface area contributed by atoms with E-state index >= 15 is 4.39 Å². The number of nitrogens with zero attached hydrogens (tertiary/aromatic N) is 3. The number of carbonyl (C=O) groups excluding carboxylic acids is 1. The predicted molar refractivity (Wildman–Crippen MR) is 122 cm³/mol. The third-order valence-corrected chi connectivity index (χ3v) is 6.90. The molecule has 2 aromatic carbocycles. The molecule has 1 aromatic heterocycles. The summed E-state index contributed by atoms with van der Waals surface area (Å²) in [7, 11) is 1.59. The lowest BCUT2D eigenvalue weighted by Crippen LogP contribution is -2.70. The maximum Gasteiger partial charge on any atom is 0.231 e. The van der Waals surface area contributed by atoms with E-state index in [0.29, 0.717) is 10.8 Å². The number of rotatable bonds is 3. The Morgan fingerprint density at radius 1 is 1.15 bits per heavy atom. The fourth-order valence-corrected chi connectivity index (χ4v) is 5.16. The average Bonchev–Trinajstić information content (AvgIpc) is 3.20. The topological polar surface area (TPSA) is 74.5 Å². The van der Waals surface area contributed by atoms with Gasteiger partial charge in [-0.05, 0) is 36.4 Å². The molecule has 0 bridgehead atoms. The zero-order valence-corrected chi connectivity index (χ0v) is 18.6. The first kappa shape index (κ1) is 21.8. The first-order valence-corrected chi connectivity index (χ1v) is 10.9. The highest BCUT2D eigenvalue weighted by Crippen LogP contribution is 2.45. The minimum atomic E-state index is -1.23. The highest BCUT2D eigenvalue weighted by molar-refractivity contribution is 6.33. The molecule has 0 aliphatic carbocycles. The first-order chi connectivity index (χ1) is 15.8. The number of fused-ring (bicyclic) bond motifs is 1. The van der Waals surface area contributed by atoms with Gasteiger partial charge in [-0.1, -0.05) is 29.8 Å². The molecular formula is C24H22ClF2N5O. The van der Waals surface area contributed by atoms with Crippen LogP contribution in [0.1, 0.15) is 5.56 Å². The van der Waals surface area contributed by atoms with Crippen LogP contribution in [0, 0.1) is 17.6 Å². The summed E-state index contributed by atoms with van der Waals surface area (Å²) in [6, 6.07) is 14.4. The van der Waals surface area contributed by atoms with E-state index in [-0.39, 0.29) is 24.6 Å². The first-order valence-electron chi connectivity index (χ1n) is 10.5. The summed E-state index contributed by atoms with van der Waals surface area (Å²) in [5, 5.41) is 3.77. The van der Waals surface area contributed by atoms with Gasteiger partial charge in [-0.2, -0.15) is 0 Å². The zero-order chi connectivity index (χ0) is 23.3. The highest BCUT2D eigenvalue weighted by atomic mass is 35.5. The van der Waals surface area contributed by atoms with Crippen LogP contribution in [0.4, 0.5) is 14.6 Å². The number of nitrogens with one attached hydrogen (secondary N) is 1. The van der Waals surface area contributed by atoms with Crippen LogP contribution in [0.2, 0.25) is 5.02 Å². The third-order valence-electron chi connectivity index (χ3n) is 6.57. The van der Waals surface area contributed by atoms with Crippen LogP contribution in [0.5, 0.6) is 0 Å². The molecule has 3 atom stereocenters. The van der Waals surface area contributed by atoms with Gasteiger partial charge in [0.1, 0.15) is 23.7 Å². The molecule has 3 heterocycles. The fourth-order valence-electron chi connectivity index (χ4n) is 4.92. The average molecular weight is 470 g/mol.